The molecule has 2 aliphatic rings. The SMILES string of the molecule is Cc1cccc(CN2C(=O)CC[C@@H]3[C@H]2CCN3Cc2ccc(C)o2)n1.O=C(O)C(F)(F)F.O=C(O)C(F)(F)F. The quantitative estimate of drug-likeness (QED) is 0.524. The summed E-state index contributed by atoms with van der Waals surface area (Å²) in [6.45, 7) is 6.44. The first kappa shape index (κ1) is 31.6. The Labute approximate surface area is 219 Å². The number of carbonyl (C=O) groups excluding carboxylic acids is 1. The number of rotatable bonds is 4. The molecule has 2 aliphatic heterocycles. The molecular formula is C24H27F6N3O6. The van der Waals surface area contributed by atoms with Gasteiger partial charge in [0, 0.05) is 30.7 Å². The van der Waals surface area contributed by atoms with E-state index in [2.05, 4.69) is 20.9 Å². The van der Waals surface area contributed by atoms with Crippen molar-refractivity contribution in [1.29, 1.82) is 0 Å². The first-order valence-electron chi connectivity index (χ1n) is 11.6. The molecule has 0 aromatic carbocycles. The number of furan rings is 1. The normalized spacial score (nSPS) is 19.4. The van der Waals surface area contributed by atoms with Crippen LogP contribution in [0.1, 0.15) is 42.2 Å². The molecule has 2 fully saturated rings. The number of alkyl halides is 6. The average Bonchev–Trinajstić information content (AvgIpc) is 3.41. The molecule has 15 heteroatoms. The van der Waals surface area contributed by atoms with Crippen molar-refractivity contribution in [1.82, 2.24) is 14.8 Å². The molecule has 2 N–H and O–H groups in total. The number of aromatic nitrogens is 1. The second kappa shape index (κ2) is 13.0. The van der Waals surface area contributed by atoms with Crippen LogP contribution in [0.15, 0.2) is 34.7 Å². The number of carbonyl (C=O) groups is 3. The number of fused-ring (bicyclic) bond motifs is 1. The minimum Gasteiger partial charge on any atom is -0.475 e. The van der Waals surface area contributed by atoms with Crippen LogP contribution in [0.4, 0.5) is 26.3 Å². The topological polar surface area (TPSA) is 124 Å². The standard InChI is InChI=1S/C20H25N3O2.2C2HF3O2/c1-14-4-3-5-16(21-14)12-23-19-10-11-22(18(19)8-9-20(23)24)13-17-7-6-15(2)25-17;2*3-2(4,5)1(6)7/h3-7,18-19H,8-13H2,1-2H3;2*(H,6,7)/t18-,19-;;/m1../s1. The molecule has 2 atom stereocenters. The fourth-order valence-corrected chi connectivity index (χ4v) is 4.27. The number of hydrogen-bond acceptors (Lipinski definition) is 6. The van der Waals surface area contributed by atoms with Gasteiger partial charge in [-0.05, 0) is 51.0 Å². The maximum atomic E-state index is 12.6. The summed E-state index contributed by atoms with van der Waals surface area (Å²) in [6.07, 6.45) is -7.57. The van der Waals surface area contributed by atoms with Crippen molar-refractivity contribution in [2.45, 2.75) is 70.6 Å². The van der Waals surface area contributed by atoms with Crippen LogP contribution in [0, 0.1) is 13.8 Å². The van der Waals surface area contributed by atoms with E-state index in [1.165, 1.54) is 0 Å². The van der Waals surface area contributed by atoms with Gasteiger partial charge in [-0.15, -0.1) is 0 Å². The van der Waals surface area contributed by atoms with Crippen LogP contribution in [0.3, 0.4) is 0 Å². The zero-order valence-electron chi connectivity index (χ0n) is 20.9. The molecular weight excluding hydrogens is 540 g/mol. The molecule has 2 aromatic heterocycles. The lowest BCUT2D eigenvalue weighted by Gasteiger charge is -2.39. The molecule has 216 valence electrons. The van der Waals surface area contributed by atoms with Gasteiger partial charge in [-0.3, -0.25) is 14.7 Å². The van der Waals surface area contributed by atoms with Crippen LogP contribution in [0.2, 0.25) is 0 Å². The van der Waals surface area contributed by atoms with Crippen molar-refractivity contribution in [2.75, 3.05) is 6.54 Å². The van der Waals surface area contributed by atoms with Crippen LogP contribution >= 0.6 is 0 Å². The molecule has 0 saturated carbocycles. The van der Waals surface area contributed by atoms with Gasteiger partial charge in [-0.2, -0.15) is 26.3 Å². The van der Waals surface area contributed by atoms with E-state index in [9.17, 15) is 31.1 Å². The summed E-state index contributed by atoms with van der Waals surface area (Å²) < 4.78 is 69.2. The van der Waals surface area contributed by atoms with Crippen molar-refractivity contribution in [3.63, 3.8) is 0 Å². The summed E-state index contributed by atoms with van der Waals surface area (Å²) in [4.78, 5) is 39.5. The van der Waals surface area contributed by atoms with Gasteiger partial charge < -0.3 is 19.5 Å². The maximum absolute atomic E-state index is 12.6. The molecule has 4 heterocycles. The van der Waals surface area contributed by atoms with Crippen LogP contribution in [-0.2, 0) is 27.5 Å². The Balaban J connectivity index is 0.000000317. The largest absolute Gasteiger partial charge is 0.490 e. The van der Waals surface area contributed by atoms with E-state index < -0.39 is 24.3 Å². The second-order valence-electron chi connectivity index (χ2n) is 8.84. The highest BCUT2D eigenvalue weighted by atomic mass is 19.4. The molecule has 0 unspecified atom stereocenters. The lowest BCUT2D eigenvalue weighted by molar-refractivity contribution is -0.193. The van der Waals surface area contributed by atoms with E-state index in [1.807, 2.05) is 38.1 Å². The Hall–Kier alpha value is -3.62. The monoisotopic (exact) mass is 567 g/mol. The Morgan fingerprint density at radius 1 is 0.949 bits per heavy atom. The van der Waals surface area contributed by atoms with Crippen molar-refractivity contribution in [3.05, 3.63) is 53.2 Å². The van der Waals surface area contributed by atoms with Gasteiger partial charge in [0.05, 0.1) is 18.8 Å². The molecule has 0 spiro atoms. The molecule has 4 rings (SSSR count). The number of halogens is 6. The first-order chi connectivity index (χ1) is 18.0. The van der Waals surface area contributed by atoms with Crippen LogP contribution < -0.4 is 0 Å². The van der Waals surface area contributed by atoms with Gasteiger partial charge in [0.25, 0.3) is 0 Å². The van der Waals surface area contributed by atoms with E-state index in [4.69, 9.17) is 24.2 Å². The number of likely N-dealkylation sites (tertiary alicyclic amines) is 2. The first-order valence-corrected chi connectivity index (χ1v) is 11.6. The Bertz CT molecular complexity index is 1130. The lowest BCUT2D eigenvalue weighted by atomic mass is 9.96. The zero-order chi connectivity index (χ0) is 29.5. The Kier molecular flexibility index (Phi) is 10.5. The van der Waals surface area contributed by atoms with Crippen LogP contribution in [0.5, 0.6) is 0 Å². The van der Waals surface area contributed by atoms with Crippen LogP contribution in [-0.4, -0.2) is 73.8 Å². The number of nitrogens with zero attached hydrogens (tertiary/aromatic N) is 3. The van der Waals surface area contributed by atoms with E-state index >= 15 is 0 Å². The Morgan fingerprint density at radius 3 is 2.03 bits per heavy atom. The van der Waals surface area contributed by atoms with Crippen LogP contribution in [0.25, 0.3) is 0 Å². The summed E-state index contributed by atoms with van der Waals surface area (Å²) in [5.41, 5.74) is 1.98. The fraction of sp³-hybridized carbons (Fsp3) is 0.500. The summed E-state index contributed by atoms with van der Waals surface area (Å²) in [5.74, 6) is -3.28. The van der Waals surface area contributed by atoms with Crippen molar-refractivity contribution < 1.29 is 55.4 Å². The third kappa shape index (κ3) is 9.57. The molecule has 2 aromatic rings. The maximum Gasteiger partial charge on any atom is 0.490 e. The highest BCUT2D eigenvalue weighted by molar-refractivity contribution is 5.77. The van der Waals surface area contributed by atoms with Gasteiger partial charge in [-0.25, -0.2) is 9.59 Å². The van der Waals surface area contributed by atoms with Gasteiger partial charge in [0.1, 0.15) is 11.5 Å². The third-order valence-corrected chi connectivity index (χ3v) is 5.92. The predicted molar refractivity (Wildman–Crippen MR) is 122 cm³/mol. The number of carboxylic acid groups (broad SMARTS) is 2. The Morgan fingerprint density at radius 2 is 1.54 bits per heavy atom. The number of amides is 1. The third-order valence-electron chi connectivity index (χ3n) is 5.92. The summed E-state index contributed by atoms with van der Waals surface area (Å²) in [7, 11) is 0. The van der Waals surface area contributed by atoms with Crippen molar-refractivity contribution in [3.8, 4) is 0 Å². The zero-order valence-corrected chi connectivity index (χ0v) is 20.9. The highest BCUT2D eigenvalue weighted by Crippen LogP contribution is 2.33. The number of aliphatic carboxylic acids is 2. The molecule has 0 aliphatic carbocycles. The molecule has 0 bridgehead atoms. The second-order valence-corrected chi connectivity index (χ2v) is 8.84. The van der Waals surface area contributed by atoms with E-state index in [0.717, 1.165) is 48.8 Å². The molecule has 9 nitrogen and oxygen atoms in total. The molecule has 1 amide bonds. The minimum atomic E-state index is -5.08. The van der Waals surface area contributed by atoms with E-state index in [0.29, 0.717) is 25.0 Å². The average molecular weight is 567 g/mol. The van der Waals surface area contributed by atoms with Gasteiger partial charge >= 0.3 is 24.3 Å². The van der Waals surface area contributed by atoms with Gasteiger partial charge in [0.15, 0.2) is 0 Å². The molecule has 0 radical (unpaired) electrons. The summed E-state index contributed by atoms with van der Waals surface area (Å²) in [5, 5.41) is 14.2. The smallest absolute Gasteiger partial charge is 0.475 e. The number of carboxylic acids is 2. The summed E-state index contributed by atoms with van der Waals surface area (Å²) in [6, 6.07) is 10.8. The highest BCUT2D eigenvalue weighted by Gasteiger charge is 2.43. The molecule has 39 heavy (non-hydrogen) atoms. The van der Waals surface area contributed by atoms with Crippen molar-refractivity contribution >= 4 is 17.8 Å². The van der Waals surface area contributed by atoms with Crippen molar-refractivity contribution in [2.24, 2.45) is 0 Å². The van der Waals surface area contributed by atoms with E-state index in [-0.39, 0.29) is 5.91 Å². The lowest BCUT2D eigenvalue weighted by Crippen LogP contribution is -2.51. The van der Waals surface area contributed by atoms with Gasteiger partial charge in [-0.1, -0.05) is 6.07 Å². The number of hydrogen-bond donors (Lipinski definition) is 2. The fourth-order valence-electron chi connectivity index (χ4n) is 4.27. The number of pyridine rings is 1. The number of aryl methyl sites for hydroxylation is 2. The number of piperidine rings is 1. The van der Waals surface area contributed by atoms with E-state index in [1.54, 1.807) is 0 Å². The predicted octanol–water partition coefficient (Wildman–Crippen LogP) is 4.32. The van der Waals surface area contributed by atoms with Gasteiger partial charge in [0.2, 0.25) is 5.91 Å². The minimum absolute atomic E-state index is 0.264. The molecule has 2 saturated heterocycles. The summed E-state index contributed by atoms with van der Waals surface area (Å²) >= 11 is 0.